The molecule has 176 valence electrons. The van der Waals surface area contributed by atoms with Gasteiger partial charge >= 0.3 is 6.09 Å². The zero-order valence-electron chi connectivity index (χ0n) is 19.0. The number of ether oxygens (including phenoxy) is 1. The second-order valence-electron chi connectivity index (χ2n) is 8.75. The summed E-state index contributed by atoms with van der Waals surface area (Å²) in [6.07, 6.45) is 3.23. The van der Waals surface area contributed by atoms with Gasteiger partial charge in [0.05, 0.1) is 0 Å². The minimum absolute atomic E-state index is 0.000894. The maximum Gasteiger partial charge on any atom is 0.407 e. The largest absolute Gasteiger partial charge is 0.449 e. The Balaban J connectivity index is 1.14. The third kappa shape index (κ3) is 6.27. The van der Waals surface area contributed by atoms with Crippen LogP contribution in [-0.4, -0.2) is 42.7 Å². The minimum atomic E-state index is -0.379. The predicted molar refractivity (Wildman–Crippen MR) is 138 cm³/mol. The summed E-state index contributed by atoms with van der Waals surface area (Å²) in [6, 6.07) is 17.0. The summed E-state index contributed by atoms with van der Waals surface area (Å²) in [4.78, 5) is 24.6. The van der Waals surface area contributed by atoms with E-state index in [1.54, 1.807) is 0 Å². The second-order valence-corrected chi connectivity index (χ2v) is 11.4. The molecule has 1 saturated heterocycles. The molecule has 0 bridgehead atoms. The first kappa shape index (κ1) is 24.0. The zero-order valence-corrected chi connectivity index (χ0v) is 20.7. The summed E-state index contributed by atoms with van der Waals surface area (Å²) in [5.74, 6) is 2.32. The Morgan fingerprint density at radius 1 is 1.03 bits per heavy atom. The smallest absolute Gasteiger partial charge is 0.407 e. The third-order valence-corrected chi connectivity index (χ3v) is 8.89. The van der Waals surface area contributed by atoms with Crippen molar-refractivity contribution >= 4 is 33.6 Å². The van der Waals surface area contributed by atoms with Crippen molar-refractivity contribution < 1.29 is 14.3 Å². The number of fused-ring (bicyclic) bond motifs is 3. The molecule has 33 heavy (non-hydrogen) atoms. The van der Waals surface area contributed by atoms with Crippen molar-refractivity contribution in [3.63, 3.8) is 0 Å². The first-order chi connectivity index (χ1) is 16.1. The molecule has 2 amide bonds. The molecule has 4 rings (SSSR count). The number of carbonyl (C=O) groups is 2. The van der Waals surface area contributed by atoms with Crippen molar-refractivity contribution in [1.82, 2.24) is 10.6 Å². The highest BCUT2D eigenvalue weighted by Gasteiger charge is 2.29. The second kappa shape index (κ2) is 11.8. The molecular weight excluding hydrogens is 452 g/mol. The van der Waals surface area contributed by atoms with E-state index in [0.717, 1.165) is 37.2 Å². The maximum absolute atomic E-state index is 12.4. The monoisotopic (exact) mass is 484 g/mol. The molecule has 1 aliphatic carbocycles. The van der Waals surface area contributed by atoms with E-state index in [0.29, 0.717) is 19.2 Å². The normalized spacial score (nSPS) is 18.2. The van der Waals surface area contributed by atoms with Crippen LogP contribution in [0.5, 0.6) is 0 Å². The average Bonchev–Trinajstić information content (AvgIpc) is 3.16. The fourth-order valence-corrected chi connectivity index (χ4v) is 6.90. The van der Waals surface area contributed by atoms with Crippen LogP contribution in [0.2, 0.25) is 0 Å². The minimum Gasteiger partial charge on any atom is -0.449 e. The standard InChI is InChI=1S/C26H32N2O3S2/c1-18(25(29)28-19-13-15-32-33-17-19)8-6-7-14-27-26(30)31-16-24-22-11-4-2-9-20(22)21-10-3-5-12-23(21)24/h2-5,9-12,18-19,24H,6-8,13-17H2,1H3,(H,27,30)(H,28,29)/t18-,19?/m0/s1. The van der Waals surface area contributed by atoms with Gasteiger partial charge in [0.25, 0.3) is 0 Å². The highest BCUT2D eigenvalue weighted by molar-refractivity contribution is 8.76. The first-order valence-corrected chi connectivity index (χ1v) is 14.3. The van der Waals surface area contributed by atoms with E-state index in [4.69, 9.17) is 4.74 Å². The van der Waals surface area contributed by atoms with Gasteiger partial charge in [-0.25, -0.2) is 4.79 Å². The molecule has 2 aromatic carbocycles. The topological polar surface area (TPSA) is 67.4 Å². The van der Waals surface area contributed by atoms with Gasteiger partial charge in [0.15, 0.2) is 0 Å². The van der Waals surface area contributed by atoms with E-state index in [1.165, 1.54) is 22.3 Å². The molecule has 5 nitrogen and oxygen atoms in total. The van der Waals surface area contributed by atoms with Crippen LogP contribution < -0.4 is 10.6 Å². The third-order valence-electron chi connectivity index (χ3n) is 6.37. The Kier molecular flexibility index (Phi) is 8.62. The molecular formula is C26H32N2O3S2. The molecule has 0 aromatic heterocycles. The van der Waals surface area contributed by atoms with E-state index >= 15 is 0 Å². The molecule has 1 aliphatic heterocycles. The predicted octanol–water partition coefficient (Wildman–Crippen LogP) is 5.60. The molecule has 1 fully saturated rings. The Morgan fingerprint density at radius 3 is 2.39 bits per heavy atom. The molecule has 0 saturated carbocycles. The van der Waals surface area contributed by atoms with Gasteiger partial charge in [-0.2, -0.15) is 0 Å². The van der Waals surface area contributed by atoms with Gasteiger partial charge in [-0.15, -0.1) is 0 Å². The van der Waals surface area contributed by atoms with Crippen LogP contribution in [-0.2, 0) is 9.53 Å². The van der Waals surface area contributed by atoms with Crippen molar-refractivity contribution in [2.75, 3.05) is 24.7 Å². The quantitative estimate of drug-likeness (QED) is 0.358. The molecule has 2 aliphatic rings. The number of hydrogen-bond donors (Lipinski definition) is 2. The van der Waals surface area contributed by atoms with Crippen LogP contribution in [0.4, 0.5) is 4.79 Å². The molecule has 7 heteroatoms. The lowest BCUT2D eigenvalue weighted by Gasteiger charge is -2.23. The van der Waals surface area contributed by atoms with Gasteiger partial charge in [-0.05, 0) is 41.5 Å². The van der Waals surface area contributed by atoms with Crippen LogP contribution in [0.3, 0.4) is 0 Å². The van der Waals surface area contributed by atoms with E-state index < -0.39 is 0 Å². The molecule has 2 N–H and O–H groups in total. The van der Waals surface area contributed by atoms with Crippen LogP contribution in [0, 0.1) is 5.92 Å². The Labute approximate surface area is 204 Å². The van der Waals surface area contributed by atoms with E-state index in [9.17, 15) is 9.59 Å². The molecule has 0 spiro atoms. The lowest BCUT2D eigenvalue weighted by Crippen LogP contribution is -2.40. The number of amides is 2. The van der Waals surface area contributed by atoms with Gasteiger partial charge in [0, 0.05) is 35.9 Å². The molecule has 2 aromatic rings. The zero-order chi connectivity index (χ0) is 23.0. The summed E-state index contributed by atoms with van der Waals surface area (Å²) < 4.78 is 5.57. The molecule has 1 unspecified atom stereocenters. The first-order valence-electron chi connectivity index (χ1n) is 11.8. The summed E-state index contributed by atoms with van der Waals surface area (Å²) in [5, 5.41) is 6.03. The van der Waals surface area contributed by atoms with Gasteiger partial charge in [0.1, 0.15) is 6.61 Å². The Morgan fingerprint density at radius 2 is 1.73 bits per heavy atom. The van der Waals surface area contributed by atoms with E-state index in [1.807, 2.05) is 52.8 Å². The van der Waals surface area contributed by atoms with Crippen molar-refractivity contribution in [1.29, 1.82) is 0 Å². The summed E-state index contributed by atoms with van der Waals surface area (Å²) in [7, 11) is 3.72. The number of alkyl carbamates (subject to hydrolysis) is 1. The average molecular weight is 485 g/mol. The number of hydrogen-bond acceptors (Lipinski definition) is 5. The van der Waals surface area contributed by atoms with Crippen molar-refractivity contribution in [3.8, 4) is 11.1 Å². The van der Waals surface area contributed by atoms with E-state index in [-0.39, 0.29) is 23.8 Å². The van der Waals surface area contributed by atoms with E-state index in [2.05, 4.69) is 34.9 Å². The molecule has 2 atom stereocenters. The Hall–Kier alpha value is -2.12. The lowest BCUT2D eigenvalue weighted by atomic mass is 9.98. The number of rotatable bonds is 9. The Bertz CT molecular complexity index is 917. The fourth-order valence-electron chi connectivity index (χ4n) is 4.47. The lowest BCUT2D eigenvalue weighted by molar-refractivity contribution is -0.125. The maximum atomic E-state index is 12.4. The van der Waals surface area contributed by atoms with Crippen molar-refractivity contribution in [2.45, 2.75) is 44.6 Å². The highest BCUT2D eigenvalue weighted by atomic mass is 33.1. The summed E-state index contributed by atoms with van der Waals surface area (Å²) in [6.45, 7) is 2.87. The number of benzene rings is 2. The fraction of sp³-hybridized carbons (Fsp3) is 0.462. The van der Waals surface area contributed by atoms with Crippen LogP contribution >= 0.6 is 21.6 Å². The van der Waals surface area contributed by atoms with Crippen molar-refractivity contribution in [2.24, 2.45) is 5.92 Å². The highest BCUT2D eigenvalue weighted by Crippen LogP contribution is 2.44. The van der Waals surface area contributed by atoms with Gasteiger partial charge in [-0.3, -0.25) is 4.79 Å². The number of nitrogens with one attached hydrogen (secondary N) is 2. The van der Waals surface area contributed by atoms with Crippen molar-refractivity contribution in [3.05, 3.63) is 59.7 Å². The van der Waals surface area contributed by atoms with Crippen LogP contribution in [0.15, 0.2) is 48.5 Å². The number of carbonyl (C=O) groups excluding carboxylic acids is 2. The number of unbranched alkanes of at least 4 members (excludes halogenated alkanes) is 1. The van der Waals surface area contributed by atoms with Crippen LogP contribution in [0.25, 0.3) is 11.1 Å². The SMILES string of the molecule is C[C@@H](CCCCNC(=O)OCC1c2ccccc2-c2ccccc21)C(=O)NC1CCSSC1. The van der Waals surface area contributed by atoms with Gasteiger partial charge in [0.2, 0.25) is 5.91 Å². The van der Waals surface area contributed by atoms with Gasteiger partial charge < -0.3 is 15.4 Å². The van der Waals surface area contributed by atoms with Gasteiger partial charge in [-0.1, -0.05) is 83.5 Å². The summed E-state index contributed by atoms with van der Waals surface area (Å²) in [5.41, 5.74) is 4.87. The molecule has 0 radical (unpaired) electrons. The molecule has 1 heterocycles. The van der Waals surface area contributed by atoms with Crippen LogP contribution in [0.1, 0.15) is 49.7 Å². The summed E-state index contributed by atoms with van der Waals surface area (Å²) >= 11 is 0.